The number of hydrogen-bond acceptors (Lipinski definition) is 3. The van der Waals surface area contributed by atoms with Crippen molar-refractivity contribution in [1.29, 1.82) is 0 Å². The molecule has 3 atom stereocenters. The van der Waals surface area contributed by atoms with Crippen molar-refractivity contribution in [2.45, 2.75) is 123 Å². The van der Waals surface area contributed by atoms with Crippen LogP contribution in [-0.2, 0) is 9.47 Å². The summed E-state index contributed by atoms with van der Waals surface area (Å²) in [6.07, 6.45) is 14.8. The van der Waals surface area contributed by atoms with E-state index in [2.05, 4.69) is 27.7 Å². The second kappa shape index (κ2) is 12.4. The quantitative estimate of drug-likeness (QED) is 0.335. The molecule has 0 aromatic heterocycles. The molecule has 0 bridgehead atoms. The molecule has 3 heteroatoms. The fraction of sp³-hybridized carbons (Fsp3) is 1.00. The van der Waals surface area contributed by atoms with Gasteiger partial charge in [-0.15, -0.1) is 0 Å². The first-order chi connectivity index (χ1) is 13.0. The third kappa shape index (κ3) is 8.03. The highest BCUT2D eigenvalue weighted by Gasteiger charge is 2.31. The summed E-state index contributed by atoms with van der Waals surface area (Å²) in [7, 11) is 0. The molecule has 0 radical (unpaired) electrons. The molecular formula is C24H46O3. The van der Waals surface area contributed by atoms with Crippen LogP contribution in [0.25, 0.3) is 0 Å². The molecule has 160 valence electrons. The topological polar surface area (TPSA) is 38.7 Å². The highest BCUT2D eigenvalue weighted by molar-refractivity contribution is 4.82. The van der Waals surface area contributed by atoms with E-state index in [1.165, 1.54) is 57.8 Å². The molecule has 3 nitrogen and oxygen atoms in total. The highest BCUT2D eigenvalue weighted by atomic mass is 16.7. The zero-order chi connectivity index (χ0) is 19.6. The molecule has 27 heavy (non-hydrogen) atoms. The lowest BCUT2D eigenvalue weighted by Crippen LogP contribution is -2.31. The van der Waals surface area contributed by atoms with Crippen molar-refractivity contribution in [3.8, 4) is 0 Å². The third-order valence-electron chi connectivity index (χ3n) is 7.37. The summed E-state index contributed by atoms with van der Waals surface area (Å²) in [6, 6.07) is 0. The normalized spacial score (nSPS) is 32.8. The molecule has 0 saturated heterocycles. The number of aliphatic hydroxyl groups excluding tert-OH is 1. The van der Waals surface area contributed by atoms with E-state index in [-0.39, 0.29) is 12.4 Å². The Morgan fingerprint density at radius 1 is 0.889 bits per heavy atom. The summed E-state index contributed by atoms with van der Waals surface area (Å²) in [5.41, 5.74) is 0. The maximum Gasteiger partial charge on any atom is 0.155 e. The minimum Gasteiger partial charge on any atom is -0.393 e. The monoisotopic (exact) mass is 382 g/mol. The molecule has 0 aromatic carbocycles. The van der Waals surface area contributed by atoms with Gasteiger partial charge in [0.2, 0.25) is 0 Å². The van der Waals surface area contributed by atoms with Crippen LogP contribution < -0.4 is 0 Å². The minimum absolute atomic E-state index is 0.0287. The Balaban J connectivity index is 1.69. The molecule has 0 aliphatic heterocycles. The number of aliphatic hydroxyl groups is 1. The van der Waals surface area contributed by atoms with E-state index in [0.717, 1.165) is 49.5 Å². The highest BCUT2D eigenvalue weighted by Crippen LogP contribution is 2.40. The molecule has 2 saturated carbocycles. The van der Waals surface area contributed by atoms with Gasteiger partial charge in [0.15, 0.2) is 6.29 Å². The maximum atomic E-state index is 9.77. The lowest BCUT2D eigenvalue weighted by Gasteiger charge is -2.37. The van der Waals surface area contributed by atoms with Gasteiger partial charge in [0.05, 0.1) is 12.2 Å². The van der Waals surface area contributed by atoms with Crippen molar-refractivity contribution in [3.05, 3.63) is 0 Å². The van der Waals surface area contributed by atoms with E-state index >= 15 is 0 Å². The van der Waals surface area contributed by atoms with E-state index in [0.29, 0.717) is 6.10 Å². The van der Waals surface area contributed by atoms with Gasteiger partial charge in [-0.3, -0.25) is 0 Å². The zero-order valence-electron chi connectivity index (χ0n) is 18.5. The van der Waals surface area contributed by atoms with Crippen LogP contribution in [-0.4, -0.2) is 30.2 Å². The van der Waals surface area contributed by atoms with E-state index in [9.17, 15) is 5.11 Å². The Morgan fingerprint density at radius 2 is 1.52 bits per heavy atom. The van der Waals surface area contributed by atoms with Crippen LogP contribution in [0, 0.1) is 23.7 Å². The molecule has 2 aliphatic carbocycles. The van der Waals surface area contributed by atoms with Gasteiger partial charge >= 0.3 is 0 Å². The average Bonchev–Trinajstić information content (AvgIpc) is 2.67. The predicted molar refractivity (Wildman–Crippen MR) is 113 cm³/mol. The van der Waals surface area contributed by atoms with Crippen LogP contribution >= 0.6 is 0 Å². The van der Waals surface area contributed by atoms with Crippen molar-refractivity contribution < 1.29 is 14.6 Å². The molecular weight excluding hydrogens is 336 g/mol. The SMILES string of the molecule is CCCCOC(C)OC1CCC(C(CC)CC(C)C2CCC(O)CC2)CC1. The summed E-state index contributed by atoms with van der Waals surface area (Å²) in [6.45, 7) is 9.92. The van der Waals surface area contributed by atoms with Crippen molar-refractivity contribution in [3.63, 3.8) is 0 Å². The Kier molecular flexibility index (Phi) is 10.7. The van der Waals surface area contributed by atoms with Gasteiger partial charge in [-0.2, -0.15) is 0 Å². The smallest absolute Gasteiger partial charge is 0.155 e. The molecule has 2 rings (SSSR count). The Labute approximate surface area is 168 Å². The van der Waals surface area contributed by atoms with Gasteiger partial charge in [-0.05, 0) is 94.8 Å². The van der Waals surface area contributed by atoms with E-state index in [4.69, 9.17) is 9.47 Å². The number of hydrogen-bond donors (Lipinski definition) is 1. The summed E-state index contributed by atoms with van der Waals surface area (Å²) < 4.78 is 11.9. The van der Waals surface area contributed by atoms with Crippen LogP contribution in [0.15, 0.2) is 0 Å². The molecule has 0 spiro atoms. The van der Waals surface area contributed by atoms with Crippen molar-refractivity contribution in [2.75, 3.05) is 6.61 Å². The van der Waals surface area contributed by atoms with Gasteiger partial charge < -0.3 is 14.6 Å². The van der Waals surface area contributed by atoms with Crippen LogP contribution in [0.1, 0.15) is 105 Å². The lowest BCUT2D eigenvalue weighted by atomic mass is 9.70. The molecule has 0 amide bonds. The van der Waals surface area contributed by atoms with Gasteiger partial charge in [0, 0.05) is 6.61 Å². The van der Waals surface area contributed by atoms with Crippen LogP contribution in [0.4, 0.5) is 0 Å². The molecule has 3 unspecified atom stereocenters. The number of ether oxygens (including phenoxy) is 2. The fourth-order valence-electron chi connectivity index (χ4n) is 5.43. The summed E-state index contributed by atoms with van der Waals surface area (Å²) in [4.78, 5) is 0. The van der Waals surface area contributed by atoms with Crippen molar-refractivity contribution >= 4 is 0 Å². The first-order valence-electron chi connectivity index (χ1n) is 12.0. The molecule has 1 N–H and O–H groups in total. The zero-order valence-corrected chi connectivity index (χ0v) is 18.5. The summed E-state index contributed by atoms with van der Waals surface area (Å²) >= 11 is 0. The fourth-order valence-corrected chi connectivity index (χ4v) is 5.43. The number of rotatable bonds is 11. The molecule has 2 fully saturated rings. The Hall–Kier alpha value is -0.120. The van der Waals surface area contributed by atoms with Crippen LogP contribution in [0.2, 0.25) is 0 Å². The maximum absolute atomic E-state index is 9.77. The van der Waals surface area contributed by atoms with Crippen molar-refractivity contribution in [2.24, 2.45) is 23.7 Å². The average molecular weight is 383 g/mol. The van der Waals surface area contributed by atoms with E-state index in [1.54, 1.807) is 0 Å². The standard InChI is InChI=1S/C24H46O3/c1-5-7-16-26-19(4)27-24-14-10-22(11-15-24)20(6-2)17-18(3)21-8-12-23(25)13-9-21/h18-25H,5-17H2,1-4H3. The third-order valence-corrected chi connectivity index (χ3v) is 7.37. The van der Waals surface area contributed by atoms with Gasteiger partial charge in [-0.1, -0.05) is 33.6 Å². The van der Waals surface area contributed by atoms with Crippen molar-refractivity contribution in [1.82, 2.24) is 0 Å². The first-order valence-corrected chi connectivity index (χ1v) is 12.0. The summed E-state index contributed by atoms with van der Waals surface area (Å²) in [5, 5.41) is 9.77. The van der Waals surface area contributed by atoms with Crippen LogP contribution in [0.3, 0.4) is 0 Å². The van der Waals surface area contributed by atoms with E-state index < -0.39 is 0 Å². The predicted octanol–water partition coefficient (Wildman–Crippen LogP) is 6.33. The second-order valence-corrected chi connectivity index (χ2v) is 9.41. The minimum atomic E-state index is -0.0539. The second-order valence-electron chi connectivity index (χ2n) is 9.41. The Bertz CT molecular complexity index is 370. The van der Waals surface area contributed by atoms with Gasteiger partial charge in [0.1, 0.15) is 0 Å². The van der Waals surface area contributed by atoms with Gasteiger partial charge in [0.25, 0.3) is 0 Å². The largest absolute Gasteiger partial charge is 0.393 e. The lowest BCUT2D eigenvalue weighted by molar-refractivity contribution is -0.169. The Morgan fingerprint density at radius 3 is 2.11 bits per heavy atom. The molecule has 0 aromatic rings. The molecule has 2 aliphatic rings. The first kappa shape index (κ1) is 23.2. The van der Waals surface area contributed by atoms with E-state index in [1.807, 2.05) is 0 Å². The van der Waals surface area contributed by atoms with Crippen LogP contribution in [0.5, 0.6) is 0 Å². The molecule has 0 heterocycles. The van der Waals surface area contributed by atoms with Gasteiger partial charge in [-0.25, -0.2) is 0 Å². The number of unbranched alkanes of at least 4 members (excludes halogenated alkanes) is 1. The summed E-state index contributed by atoms with van der Waals surface area (Å²) in [5.74, 6) is 3.39.